The molecule has 5 rings (SSSR count). The third-order valence-corrected chi connectivity index (χ3v) is 7.21. The molecule has 35 heavy (non-hydrogen) atoms. The Kier molecular flexibility index (Phi) is 6.46. The van der Waals surface area contributed by atoms with E-state index in [2.05, 4.69) is 35.6 Å². The highest BCUT2D eigenvalue weighted by molar-refractivity contribution is 5.98. The number of carboxylic acid groups (broad SMARTS) is 1. The Hall–Kier alpha value is -3.04. The van der Waals surface area contributed by atoms with Crippen LogP contribution in [-0.4, -0.2) is 75.7 Å². The second kappa shape index (κ2) is 9.54. The van der Waals surface area contributed by atoms with Gasteiger partial charge in [0.25, 0.3) is 0 Å². The highest BCUT2D eigenvalue weighted by Gasteiger charge is 2.33. The van der Waals surface area contributed by atoms with E-state index < -0.39 is 5.97 Å². The van der Waals surface area contributed by atoms with Crippen molar-refractivity contribution in [3.8, 4) is 5.69 Å². The van der Waals surface area contributed by atoms with Gasteiger partial charge in [0.1, 0.15) is 5.82 Å². The first kappa shape index (κ1) is 23.7. The van der Waals surface area contributed by atoms with Crippen LogP contribution in [0.15, 0.2) is 30.3 Å². The van der Waals surface area contributed by atoms with Gasteiger partial charge < -0.3 is 14.7 Å². The van der Waals surface area contributed by atoms with E-state index in [9.17, 15) is 14.3 Å². The standard InChI is InChI=1S/C26H32FN5O3/c1-4-31(20-14-35-15-20)18-9-11-30(12-10-18)22-13-21(26(33)34)28-25-23(22)24(16(2)3)29-32(25)19-7-5-17(27)6-8-19/h5-8,13,16,18,20H,4,9-12,14-15H2,1-3H3,(H,33,34). The maximum atomic E-state index is 13.6. The Bertz CT molecular complexity index is 1210. The van der Waals surface area contributed by atoms with Crippen LogP contribution in [0.3, 0.4) is 0 Å². The van der Waals surface area contributed by atoms with Crippen molar-refractivity contribution in [3.63, 3.8) is 0 Å². The number of ether oxygens (including phenoxy) is 1. The molecule has 2 fully saturated rings. The number of fused-ring (bicyclic) bond motifs is 1. The van der Waals surface area contributed by atoms with Crippen LogP contribution in [0, 0.1) is 5.82 Å². The van der Waals surface area contributed by atoms with E-state index in [-0.39, 0.29) is 17.4 Å². The molecule has 8 nitrogen and oxygen atoms in total. The van der Waals surface area contributed by atoms with Gasteiger partial charge in [-0.15, -0.1) is 0 Å². The molecule has 4 heterocycles. The second-order valence-electron chi connectivity index (χ2n) is 9.70. The molecule has 9 heteroatoms. The van der Waals surface area contributed by atoms with E-state index in [1.165, 1.54) is 12.1 Å². The number of hydrogen-bond acceptors (Lipinski definition) is 6. The molecular weight excluding hydrogens is 449 g/mol. The molecule has 0 spiro atoms. The lowest BCUT2D eigenvalue weighted by molar-refractivity contribution is -0.0803. The number of likely N-dealkylation sites (N-methyl/N-ethyl adjacent to an activating group) is 1. The monoisotopic (exact) mass is 481 g/mol. The number of aromatic nitrogens is 3. The molecule has 3 aromatic rings. The van der Waals surface area contributed by atoms with Gasteiger partial charge in [-0.25, -0.2) is 18.9 Å². The number of carbonyl (C=O) groups is 1. The number of benzene rings is 1. The molecular formula is C26H32FN5O3. The second-order valence-corrected chi connectivity index (χ2v) is 9.70. The quantitative estimate of drug-likeness (QED) is 0.545. The fourth-order valence-corrected chi connectivity index (χ4v) is 5.32. The molecule has 0 bridgehead atoms. The summed E-state index contributed by atoms with van der Waals surface area (Å²) in [5, 5.41) is 15.5. The van der Waals surface area contributed by atoms with Crippen LogP contribution >= 0.6 is 0 Å². The summed E-state index contributed by atoms with van der Waals surface area (Å²) in [5.74, 6) is -1.32. The van der Waals surface area contributed by atoms with Crippen LogP contribution in [0.4, 0.5) is 10.1 Å². The van der Waals surface area contributed by atoms with Gasteiger partial charge in [-0.05, 0) is 55.6 Å². The molecule has 0 unspecified atom stereocenters. The molecule has 2 aromatic heterocycles. The summed E-state index contributed by atoms with van der Waals surface area (Å²) in [7, 11) is 0. The van der Waals surface area contributed by atoms with E-state index in [1.54, 1.807) is 22.9 Å². The molecule has 1 N–H and O–H groups in total. The van der Waals surface area contributed by atoms with Gasteiger partial charge in [-0.2, -0.15) is 5.10 Å². The average Bonchev–Trinajstić information content (AvgIpc) is 3.21. The molecule has 0 amide bonds. The van der Waals surface area contributed by atoms with E-state index >= 15 is 0 Å². The topological polar surface area (TPSA) is 83.7 Å². The van der Waals surface area contributed by atoms with Crippen LogP contribution < -0.4 is 4.90 Å². The van der Waals surface area contributed by atoms with E-state index in [4.69, 9.17) is 9.84 Å². The summed E-state index contributed by atoms with van der Waals surface area (Å²) < 4.78 is 20.6. The molecule has 0 radical (unpaired) electrons. The number of piperidine rings is 1. The van der Waals surface area contributed by atoms with Crippen molar-refractivity contribution in [1.82, 2.24) is 19.7 Å². The van der Waals surface area contributed by atoms with Crippen LogP contribution in [0.25, 0.3) is 16.7 Å². The van der Waals surface area contributed by atoms with Gasteiger partial charge in [0.15, 0.2) is 11.3 Å². The summed E-state index contributed by atoms with van der Waals surface area (Å²) in [6, 6.07) is 8.70. The third kappa shape index (κ3) is 4.38. The summed E-state index contributed by atoms with van der Waals surface area (Å²) >= 11 is 0. The molecule has 2 aliphatic heterocycles. The van der Waals surface area contributed by atoms with Crippen LogP contribution in [0.2, 0.25) is 0 Å². The Labute approximate surface area is 204 Å². The zero-order valence-electron chi connectivity index (χ0n) is 20.4. The Balaban J connectivity index is 1.56. The predicted molar refractivity (Wildman–Crippen MR) is 132 cm³/mol. The number of nitrogens with zero attached hydrogens (tertiary/aromatic N) is 5. The summed E-state index contributed by atoms with van der Waals surface area (Å²) in [6.45, 7) is 10.6. The molecule has 0 saturated carbocycles. The number of aromatic carboxylic acids is 1. The number of pyridine rings is 1. The molecule has 0 atom stereocenters. The summed E-state index contributed by atoms with van der Waals surface area (Å²) in [5.41, 5.74) is 2.82. The van der Waals surface area contributed by atoms with Crippen molar-refractivity contribution < 1.29 is 19.0 Å². The van der Waals surface area contributed by atoms with Gasteiger partial charge in [0.2, 0.25) is 0 Å². The lowest BCUT2D eigenvalue weighted by Gasteiger charge is -2.45. The minimum atomic E-state index is -1.08. The van der Waals surface area contributed by atoms with Gasteiger partial charge in [-0.3, -0.25) is 4.90 Å². The van der Waals surface area contributed by atoms with Crippen molar-refractivity contribution in [2.45, 2.75) is 51.6 Å². The van der Waals surface area contributed by atoms with E-state index in [0.29, 0.717) is 23.4 Å². The number of hydrogen-bond donors (Lipinski definition) is 1. The lowest BCUT2D eigenvalue weighted by atomic mass is 9.98. The molecule has 2 aliphatic rings. The number of anilines is 1. The predicted octanol–water partition coefficient (Wildman–Crippen LogP) is 4.07. The average molecular weight is 482 g/mol. The van der Waals surface area contributed by atoms with Gasteiger partial charge in [-0.1, -0.05) is 20.8 Å². The molecule has 2 saturated heterocycles. The SMILES string of the molecule is CCN(C1CCN(c2cc(C(=O)O)nc3c2c(C(C)C)nn3-c2ccc(F)cc2)CC1)C1COC1. The normalized spacial score (nSPS) is 17.5. The molecule has 186 valence electrons. The fourth-order valence-electron chi connectivity index (χ4n) is 5.32. The minimum absolute atomic E-state index is 0.0185. The van der Waals surface area contributed by atoms with Gasteiger partial charge in [0, 0.05) is 19.1 Å². The lowest BCUT2D eigenvalue weighted by Crippen LogP contribution is -2.55. The first-order valence-electron chi connectivity index (χ1n) is 12.4. The number of halogens is 1. The highest BCUT2D eigenvalue weighted by Crippen LogP contribution is 2.36. The van der Waals surface area contributed by atoms with Crippen LogP contribution in [-0.2, 0) is 4.74 Å². The smallest absolute Gasteiger partial charge is 0.354 e. The van der Waals surface area contributed by atoms with Crippen molar-refractivity contribution in [3.05, 3.63) is 47.5 Å². The first-order chi connectivity index (χ1) is 16.9. The molecule has 1 aromatic carbocycles. The van der Waals surface area contributed by atoms with Crippen molar-refractivity contribution in [2.24, 2.45) is 0 Å². The number of carboxylic acids is 1. The first-order valence-corrected chi connectivity index (χ1v) is 12.4. The maximum absolute atomic E-state index is 13.6. The largest absolute Gasteiger partial charge is 0.477 e. The van der Waals surface area contributed by atoms with Crippen LogP contribution in [0.1, 0.15) is 55.7 Å². The Morgan fingerprint density at radius 1 is 1.20 bits per heavy atom. The fraction of sp³-hybridized carbons (Fsp3) is 0.500. The van der Waals surface area contributed by atoms with E-state index in [1.807, 2.05) is 0 Å². The zero-order valence-corrected chi connectivity index (χ0v) is 20.4. The minimum Gasteiger partial charge on any atom is -0.477 e. The maximum Gasteiger partial charge on any atom is 0.354 e. The highest BCUT2D eigenvalue weighted by atomic mass is 19.1. The number of rotatable bonds is 7. The zero-order chi connectivity index (χ0) is 24.7. The Morgan fingerprint density at radius 3 is 2.43 bits per heavy atom. The molecule has 0 aliphatic carbocycles. The summed E-state index contributed by atoms with van der Waals surface area (Å²) in [4.78, 5) is 21.3. The van der Waals surface area contributed by atoms with Crippen molar-refractivity contribution >= 4 is 22.7 Å². The Morgan fingerprint density at radius 2 is 1.89 bits per heavy atom. The van der Waals surface area contributed by atoms with Crippen molar-refractivity contribution in [2.75, 3.05) is 37.7 Å². The van der Waals surface area contributed by atoms with Gasteiger partial charge in [0.05, 0.1) is 41.7 Å². The van der Waals surface area contributed by atoms with Crippen molar-refractivity contribution in [1.29, 1.82) is 0 Å². The van der Waals surface area contributed by atoms with Crippen LogP contribution in [0.5, 0.6) is 0 Å². The summed E-state index contributed by atoms with van der Waals surface area (Å²) in [6.07, 6.45) is 2.00. The van der Waals surface area contributed by atoms with Gasteiger partial charge >= 0.3 is 5.97 Å². The third-order valence-electron chi connectivity index (χ3n) is 7.21. The van der Waals surface area contributed by atoms with E-state index in [0.717, 1.165) is 62.5 Å².